The summed E-state index contributed by atoms with van der Waals surface area (Å²) in [5.41, 5.74) is 4.52. The van der Waals surface area contributed by atoms with E-state index in [1.54, 1.807) is 16.8 Å². The van der Waals surface area contributed by atoms with Gasteiger partial charge in [-0.1, -0.05) is 12.1 Å². The molecule has 30 heavy (non-hydrogen) atoms. The predicted octanol–water partition coefficient (Wildman–Crippen LogP) is 4.52. The third kappa shape index (κ3) is 3.68. The Balaban J connectivity index is 1.36. The molecule has 1 aliphatic rings. The number of aryl methyl sites for hydroxylation is 1. The number of carbonyl (C=O) groups excluding carboxylic acids is 1. The molecule has 0 atom stereocenters. The standard InChI is InChI=1S/C22H21N5OS2/c1-14-19(30-13-23-14)22(28)24-16-6-9-27(10-7-16)21-17-4-2-3-5-18(17)25-20(26-21)15-8-11-29-12-15/h2-5,8,11-13,16H,6-7,9-10H2,1H3,(H,24,28). The molecule has 4 aromatic rings. The van der Waals surface area contributed by atoms with Crippen molar-refractivity contribution >= 4 is 45.3 Å². The van der Waals surface area contributed by atoms with E-state index >= 15 is 0 Å². The first-order valence-electron chi connectivity index (χ1n) is 9.94. The minimum atomic E-state index is -0.0133. The average molecular weight is 436 g/mol. The van der Waals surface area contributed by atoms with Crippen molar-refractivity contribution in [3.8, 4) is 11.4 Å². The highest BCUT2D eigenvalue weighted by Gasteiger charge is 2.25. The molecule has 0 unspecified atom stereocenters. The van der Waals surface area contributed by atoms with E-state index in [1.807, 2.05) is 30.5 Å². The van der Waals surface area contributed by atoms with Crippen LogP contribution in [0.25, 0.3) is 22.3 Å². The zero-order valence-electron chi connectivity index (χ0n) is 16.5. The van der Waals surface area contributed by atoms with Crippen LogP contribution in [0.5, 0.6) is 0 Å². The molecule has 0 spiro atoms. The zero-order chi connectivity index (χ0) is 20.5. The summed E-state index contributed by atoms with van der Waals surface area (Å²) in [5.74, 6) is 1.73. The van der Waals surface area contributed by atoms with Gasteiger partial charge in [0.05, 0.1) is 16.7 Å². The van der Waals surface area contributed by atoms with Crippen molar-refractivity contribution in [2.45, 2.75) is 25.8 Å². The van der Waals surface area contributed by atoms with E-state index in [9.17, 15) is 4.79 Å². The molecule has 1 aromatic carbocycles. The maximum Gasteiger partial charge on any atom is 0.263 e. The van der Waals surface area contributed by atoms with Crippen molar-refractivity contribution in [3.63, 3.8) is 0 Å². The Bertz CT molecular complexity index is 1180. The van der Waals surface area contributed by atoms with E-state index in [0.29, 0.717) is 4.88 Å². The molecule has 0 radical (unpaired) electrons. The summed E-state index contributed by atoms with van der Waals surface area (Å²) >= 11 is 3.05. The molecule has 3 aromatic heterocycles. The summed E-state index contributed by atoms with van der Waals surface area (Å²) in [4.78, 5) is 29.4. The molecule has 0 saturated carbocycles. The van der Waals surface area contributed by atoms with Crippen LogP contribution in [0.3, 0.4) is 0 Å². The lowest BCUT2D eigenvalue weighted by Gasteiger charge is -2.33. The first kappa shape index (κ1) is 19.1. The number of hydrogen-bond acceptors (Lipinski definition) is 7. The third-order valence-corrected chi connectivity index (χ3v) is 7.05. The number of carbonyl (C=O) groups is 1. The molecule has 1 fully saturated rings. The van der Waals surface area contributed by atoms with Crippen molar-refractivity contribution in [1.82, 2.24) is 20.3 Å². The summed E-state index contributed by atoms with van der Waals surface area (Å²) in [6, 6.07) is 10.4. The quantitative estimate of drug-likeness (QED) is 0.510. The molecular weight excluding hydrogens is 414 g/mol. The van der Waals surface area contributed by atoms with Crippen LogP contribution in [0, 0.1) is 6.92 Å². The highest BCUT2D eigenvalue weighted by atomic mass is 32.1. The molecule has 5 rings (SSSR count). The molecule has 0 bridgehead atoms. The number of nitrogens with zero attached hydrogens (tertiary/aromatic N) is 4. The van der Waals surface area contributed by atoms with Crippen LogP contribution in [-0.2, 0) is 0 Å². The van der Waals surface area contributed by atoms with E-state index in [-0.39, 0.29) is 11.9 Å². The van der Waals surface area contributed by atoms with E-state index in [4.69, 9.17) is 9.97 Å². The minimum Gasteiger partial charge on any atom is -0.356 e. The Morgan fingerprint density at radius 2 is 2.00 bits per heavy atom. The Morgan fingerprint density at radius 3 is 2.73 bits per heavy atom. The van der Waals surface area contributed by atoms with Crippen molar-refractivity contribution in [1.29, 1.82) is 0 Å². The number of piperidine rings is 1. The van der Waals surface area contributed by atoms with Gasteiger partial charge in [0.25, 0.3) is 5.91 Å². The van der Waals surface area contributed by atoms with Crippen LogP contribution in [0.15, 0.2) is 46.6 Å². The highest BCUT2D eigenvalue weighted by Crippen LogP contribution is 2.30. The largest absolute Gasteiger partial charge is 0.356 e. The van der Waals surface area contributed by atoms with E-state index in [1.165, 1.54) is 11.3 Å². The lowest BCUT2D eigenvalue weighted by Crippen LogP contribution is -2.45. The molecular formula is C22H21N5OS2. The summed E-state index contributed by atoms with van der Waals surface area (Å²) in [6.07, 6.45) is 1.77. The Morgan fingerprint density at radius 1 is 1.17 bits per heavy atom. The van der Waals surface area contributed by atoms with Gasteiger partial charge in [0.2, 0.25) is 0 Å². The van der Waals surface area contributed by atoms with Gasteiger partial charge in [0.1, 0.15) is 10.7 Å². The Kier molecular flexibility index (Phi) is 5.18. The number of thiazole rings is 1. The lowest BCUT2D eigenvalue weighted by molar-refractivity contribution is 0.0934. The molecule has 0 aliphatic carbocycles. The second kappa shape index (κ2) is 8.12. The van der Waals surface area contributed by atoms with Crippen molar-refractivity contribution in [2.75, 3.05) is 18.0 Å². The predicted molar refractivity (Wildman–Crippen MR) is 122 cm³/mol. The zero-order valence-corrected chi connectivity index (χ0v) is 18.2. The Labute approximate surface area is 182 Å². The summed E-state index contributed by atoms with van der Waals surface area (Å²) < 4.78 is 0. The minimum absolute atomic E-state index is 0.0133. The SMILES string of the molecule is Cc1ncsc1C(=O)NC1CCN(c2nc(-c3ccsc3)nc3ccccc23)CC1. The van der Waals surface area contributed by atoms with Crippen molar-refractivity contribution in [2.24, 2.45) is 0 Å². The second-order valence-electron chi connectivity index (χ2n) is 7.40. The number of para-hydroxylation sites is 1. The van der Waals surface area contributed by atoms with Gasteiger partial charge in [-0.05, 0) is 43.3 Å². The van der Waals surface area contributed by atoms with Crippen molar-refractivity contribution < 1.29 is 4.79 Å². The number of amides is 1. The van der Waals surface area contributed by atoms with Crippen LogP contribution in [0.1, 0.15) is 28.2 Å². The number of nitrogens with one attached hydrogen (secondary N) is 1. The normalized spacial score (nSPS) is 14.9. The van der Waals surface area contributed by atoms with Crippen LogP contribution in [0.4, 0.5) is 5.82 Å². The first-order valence-corrected chi connectivity index (χ1v) is 11.8. The molecule has 1 saturated heterocycles. The molecule has 1 amide bonds. The second-order valence-corrected chi connectivity index (χ2v) is 9.04. The van der Waals surface area contributed by atoms with E-state index in [0.717, 1.165) is 59.7 Å². The Hall–Kier alpha value is -2.84. The number of anilines is 1. The monoisotopic (exact) mass is 435 g/mol. The van der Waals surface area contributed by atoms with Gasteiger partial charge in [0.15, 0.2) is 5.82 Å². The number of aromatic nitrogens is 3. The summed E-state index contributed by atoms with van der Waals surface area (Å²) in [5, 5.41) is 8.38. The maximum absolute atomic E-state index is 12.5. The van der Waals surface area contributed by atoms with Gasteiger partial charge < -0.3 is 10.2 Å². The van der Waals surface area contributed by atoms with Gasteiger partial charge in [-0.3, -0.25) is 4.79 Å². The molecule has 1 aliphatic heterocycles. The van der Waals surface area contributed by atoms with E-state index in [2.05, 4.69) is 32.7 Å². The fraction of sp³-hybridized carbons (Fsp3) is 0.273. The number of rotatable bonds is 4. The molecule has 152 valence electrons. The highest BCUT2D eigenvalue weighted by molar-refractivity contribution is 7.11. The van der Waals surface area contributed by atoms with Gasteiger partial charge in [-0.25, -0.2) is 15.0 Å². The maximum atomic E-state index is 12.5. The topological polar surface area (TPSA) is 71.0 Å². The van der Waals surface area contributed by atoms with Gasteiger partial charge in [0, 0.05) is 35.5 Å². The van der Waals surface area contributed by atoms with Crippen LogP contribution in [-0.4, -0.2) is 40.0 Å². The molecule has 1 N–H and O–H groups in total. The smallest absolute Gasteiger partial charge is 0.263 e. The molecule has 8 heteroatoms. The fourth-order valence-corrected chi connectivity index (χ4v) is 5.17. The van der Waals surface area contributed by atoms with Crippen LogP contribution < -0.4 is 10.2 Å². The number of thiophene rings is 1. The summed E-state index contributed by atoms with van der Waals surface area (Å²) in [7, 11) is 0. The van der Waals surface area contributed by atoms with E-state index < -0.39 is 0 Å². The number of benzene rings is 1. The molecule has 4 heterocycles. The van der Waals surface area contributed by atoms with Crippen molar-refractivity contribution in [3.05, 3.63) is 57.2 Å². The van der Waals surface area contributed by atoms with Crippen LogP contribution in [0.2, 0.25) is 0 Å². The molecule has 6 nitrogen and oxygen atoms in total. The van der Waals surface area contributed by atoms with Gasteiger partial charge in [-0.15, -0.1) is 11.3 Å². The lowest BCUT2D eigenvalue weighted by atomic mass is 10.0. The first-order chi connectivity index (χ1) is 14.7. The van der Waals surface area contributed by atoms with Gasteiger partial charge in [-0.2, -0.15) is 11.3 Å². The fourth-order valence-electron chi connectivity index (χ4n) is 3.83. The number of hydrogen-bond donors (Lipinski definition) is 1. The van der Waals surface area contributed by atoms with Gasteiger partial charge >= 0.3 is 0 Å². The average Bonchev–Trinajstić information content (AvgIpc) is 3.45. The van der Waals surface area contributed by atoms with Crippen LogP contribution >= 0.6 is 22.7 Å². The summed E-state index contributed by atoms with van der Waals surface area (Å²) in [6.45, 7) is 3.56. The third-order valence-electron chi connectivity index (χ3n) is 5.44. The number of fused-ring (bicyclic) bond motifs is 1.